The Morgan fingerprint density at radius 3 is 2.63 bits per heavy atom. The van der Waals surface area contributed by atoms with Crippen molar-refractivity contribution < 1.29 is 9.53 Å². The number of halogens is 1. The van der Waals surface area contributed by atoms with Gasteiger partial charge in [-0.3, -0.25) is 4.79 Å². The first kappa shape index (κ1) is 21.1. The fourth-order valence-corrected chi connectivity index (χ4v) is 4.42. The van der Waals surface area contributed by atoms with E-state index in [4.69, 9.17) is 4.74 Å². The lowest BCUT2D eigenvalue weighted by atomic mass is 10.0. The van der Waals surface area contributed by atoms with Crippen molar-refractivity contribution in [2.45, 2.75) is 26.3 Å². The zero-order valence-corrected chi connectivity index (χ0v) is 19.1. The summed E-state index contributed by atoms with van der Waals surface area (Å²) in [5.74, 6) is 0.605. The molecule has 1 aliphatic rings. The molecule has 1 aliphatic heterocycles. The Morgan fingerprint density at radius 1 is 1.17 bits per heavy atom. The Bertz CT molecular complexity index is 1040. The third kappa shape index (κ3) is 4.61. The van der Waals surface area contributed by atoms with E-state index in [1.165, 1.54) is 11.1 Å². The lowest BCUT2D eigenvalue weighted by molar-refractivity contribution is 0.0662. The van der Waals surface area contributed by atoms with E-state index in [0.717, 1.165) is 60.4 Å². The first-order valence-corrected chi connectivity index (χ1v) is 11.3. The van der Waals surface area contributed by atoms with E-state index in [-0.39, 0.29) is 5.91 Å². The Hall–Kier alpha value is -2.15. The van der Waals surface area contributed by atoms with Crippen molar-refractivity contribution in [3.63, 3.8) is 0 Å². The number of fused-ring (bicyclic) bond motifs is 1. The van der Waals surface area contributed by atoms with Crippen LogP contribution in [0, 0.1) is 12.8 Å². The lowest BCUT2D eigenvalue weighted by Gasteiger charge is -2.22. The van der Waals surface area contributed by atoms with Gasteiger partial charge in [0.2, 0.25) is 0 Å². The zero-order valence-electron chi connectivity index (χ0n) is 17.5. The van der Waals surface area contributed by atoms with Crippen molar-refractivity contribution in [3.05, 3.63) is 63.8 Å². The van der Waals surface area contributed by atoms with Crippen molar-refractivity contribution in [2.75, 3.05) is 25.1 Å². The fraction of sp³-hybridized carbons (Fsp3) is 0.375. The number of hydrogen-bond donors (Lipinski definition) is 2. The first-order chi connectivity index (χ1) is 14.5. The smallest absolute Gasteiger partial charge is 0.255 e. The van der Waals surface area contributed by atoms with Gasteiger partial charge < -0.3 is 19.9 Å². The summed E-state index contributed by atoms with van der Waals surface area (Å²) >= 11 is 3.41. The van der Waals surface area contributed by atoms with Crippen molar-refractivity contribution in [3.8, 4) is 0 Å². The number of hydrogen-bond acceptors (Lipinski definition) is 3. The summed E-state index contributed by atoms with van der Waals surface area (Å²) in [6.07, 6.45) is 2.28. The largest absolute Gasteiger partial charge is 0.381 e. The number of benzene rings is 2. The van der Waals surface area contributed by atoms with Crippen LogP contribution < -0.4 is 10.6 Å². The number of anilines is 1. The molecule has 0 atom stereocenters. The molecule has 0 spiro atoms. The quantitative estimate of drug-likeness (QED) is 0.532. The molecule has 5 nitrogen and oxygen atoms in total. The van der Waals surface area contributed by atoms with Crippen LogP contribution in [0.2, 0.25) is 0 Å². The SMILES string of the molecule is Cc1c(NC(=O)c2ccc(Br)cc2)ccc2cc(CNCC3CCOCC3)n(C)c12. The van der Waals surface area contributed by atoms with Crippen molar-refractivity contribution in [2.24, 2.45) is 13.0 Å². The van der Waals surface area contributed by atoms with Gasteiger partial charge in [-0.2, -0.15) is 0 Å². The Kier molecular flexibility index (Phi) is 6.56. The highest BCUT2D eigenvalue weighted by atomic mass is 79.9. The number of ether oxygens (including phenoxy) is 1. The number of amides is 1. The van der Waals surface area contributed by atoms with E-state index in [0.29, 0.717) is 11.5 Å². The molecule has 2 heterocycles. The summed E-state index contributed by atoms with van der Waals surface area (Å²) in [4.78, 5) is 12.6. The molecule has 1 aromatic heterocycles. The van der Waals surface area contributed by atoms with E-state index in [1.54, 1.807) is 0 Å². The number of aryl methyl sites for hydroxylation is 2. The van der Waals surface area contributed by atoms with Crippen LogP contribution in [0.15, 0.2) is 46.9 Å². The predicted octanol–water partition coefficient (Wildman–Crippen LogP) is 5.02. The second-order valence-electron chi connectivity index (χ2n) is 8.02. The molecule has 158 valence electrons. The number of nitrogens with one attached hydrogen (secondary N) is 2. The van der Waals surface area contributed by atoms with Gasteiger partial charge in [-0.05, 0) is 74.2 Å². The normalized spacial score (nSPS) is 14.9. The zero-order chi connectivity index (χ0) is 21.1. The molecular weight excluding hydrogens is 442 g/mol. The maximum atomic E-state index is 12.6. The summed E-state index contributed by atoms with van der Waals surface area (Å²) < 4.78 is 8.63. The number of nitrogens with zero attached hydrogens (tertiary/aromatic N) is 1. The van der Waals surface area contributed by atoms with Gasteiger partial charge in [0, 0.05) is 53.6 Å². The lowest BCUT2D eigenvalue weighted by Crippen LogP contribution is -2.27. The third-order valence-corrected chi connectivity index (χ3v) is 6.51. The molecule has 3 aromatic rings. The van der Waals surface area contributed by atoms with E-state index in [9.17, 15) is 4.79 Å². The number of carbonyl (C=O) groups is 1. The third-order valence-electron chi connectivity index (χ3n) is 5.99. The summed E-state index contributed by atoms with van der Waals surface area (Å²) in [6.45, 7) is 5.70. The molecule has 2 N–H and O–H groups in total. The minimum absolute atomic E-state index is 0.0995. The second kappa shape index (κ2) is 9.33. The van der Waals surface area contributed by atoms with Crippen molar-refractivity contribution >= 4 is 38.4 Å². The van der Waals surface area contributed by atoms with Crippen LogP contribution in [0.4, 0.5) is 5.69 Å². The summed E-state index contributed by atoms with van der Waals surface area (Å²) in [5, 5.41) is 7.88. The first-order valence-electron chi connectivity index (χ1n) is 10.5. The fourth-order valence-electron chi connectivity index (χ4n) is 4.16. The highest BCUT2D eigenvalue weighted by molar-refractivity contribution is 9.10. The van der Waals surface area contributed by atoms with Gasteiger partial charge in [0.1, 0.15) is 0 Å². The minimum Gasteiger partial charge on any atom is -0.381 e. The number of carbonyl (C=O) groups excluding carboxylic acids is 1. The van der Waals surface area contributed by atoms with Crippen molar-refractivity contribution in [1.29, 1.82) is 0 Å². The molecule has 1 amide bonds. The Balaban J connectivity index is 1.48. The standard InChI is InChI=1S/C24H28BrN3O2/c1-16-22(27-24(29)18-3-6-20(25)7-4-18)8-5-19-13-21(28(2)23(16)19)15-26-14-17-9-11-30-12-10-17/h3-8,13,17,26H,9-12,14-15H2,1-2H3,(H,27,29). The Morgan fingerprint density at radius 2 is 1.90 bits per heavy atom. The molecule has 0 aliphatic carbocycles. The molecule has 6 heteroatoms. The molecule has 4 rings (SSSR count). The highest BCUT2D eigenvalue weighted by Crippen LogP contribution is 2.28. The van der Waals surface area contributed by atoms with Crippen LogP contribution in [-0.2, 0) is 18.3 Å². The molecule has 2 aromatic carbocycles. The average molecular weight is 470 g/mol. The van der Waals surface area contributed by atoms with E-state index in [1.807, 2.05) is 30.3 Å². The highest BCUT2D eigenvalue weighted by Gasteiger charge is 2.15. The van der Waals surface area contributed by atoms with Gasteiger partial charge >= 0.3 is 0 Å². The molecule has 0 radical (unpaired) electrons. The van der Waals surface area contributed by atoms with Gasteiger partial charge in [0.05, 0.1) is 5.52 Å². The summed E-state index contributed by atoms with van der Waals surface area (Å²) in [6, 6.07) is 13.7. The van der Waals surface area contributed by atoms with Gasteiger partial charge in [-0.1, -0.05) is 22.0 Å². The molecule has 0 bridgehead atoms. The topological polar surface area (TPSA) is 55.3 Å². The van der Waals surface area contributed by atoms with E-state index in [2.05, 4.69) is 57.2 Å². The Labute approximate surface area is 185 Å². The van der Waals surface area contributed by atoms with Gasteiger partial charge in [0.15, 0.2) is 0 Å². The van der Waals surface area contributed by atoms with Crippen LogP contribution >= 0.6 is 15.9 Å². The average Bonchev–Trinajstić information content (AvgIpc) is 3.07. The van der Waals surface area contributed by atoms with E-state index < -0.39 is 0 Å². The van der Waals surface area contributed by atoms with Gasteiger partial charge in [-0.25, -0.2) is 0 Å². The number of rotatable bonds is 6. The summed E-state index contributed by atoms with van der Waals surface area (Å²) in [7, 11) is 2.10. The van der Waals surface area contributed by atoms with Crippen molar-refractivity contribution in [1.82, 2.24) is 9.88 Å². The molecule has 0 saturated carbocycles. The summed E-state index contributed by atoms with van der Waals surface area (Å²) in [5.41, 5.74) is 4.97. The van der Waals surface area contributed by atoms with Crippen LogP contribution in [0.3, 0.4) is 0 Å². The molecule has 1 fully saturated rings. The van der Waals surface area contributed by atoms with Gasteiger partial charge in [0.25, 0.3) is 5.91 Å². The maximum absolute atomic E-state index is 12.6. The minimum atomic E-state index is -0.0995. The molecular formula is C24H28BrN3O2. The van der Waals surface area contributed by atoms with Gasteiger partial charge in [-0.15, -0.1) is 0 Å². The number of aromatic nitrogens is 1. The maximum Gasteiger partial charge on any atom is 0.255 e. The molecule has 30 heavy (non-hydrogen) atoms. The second-order valence-corrected chi connectivity index (χ2v) is 8.93. The van der Waals surface area contributed by atoms with Crippen LogP contribution in [0.1, 0.15) is 34.5 Å². The van der Waals surface area contributed by atoms with Crippen LogP contribution in [-0.4, -0.2) is 30.2 Å². The molecule has 1 saturated heterocycles. The van der Waals surface area contributed by atoms with Crippen LogP contribution in [0.25, 0.3) is 10.9 Å². The van der Waals surface area contributed by atoms with Crippen LogP contribution in [0.5, 0.6) is 0 Å². The monoisotopic (exact) mass is 469 g/mol. The van der Waals surface area contributed by atoms with E-state index >= 15 is 0 Å². The molecule has 0 unspecified atom stereocenters. The predicted molar refractivity (Wildman–Crippen MR) is 125 cm³/mol.